The van der Waals surface area contributed by atoms with Crippen LogP contribution in [0, 0.1) is 11.8 Å². The average Bonchev–Trinajstić information content (AvgIpc) is 3.46. The summed E-state index contributed by atoms with van der Waals surface area (Å²) in [4.78, 5) is 19.0. The van der Waals surface area contributed by atoms with E-state index in [0.29, 0.717) is 17.9 Å². The Labute approximate surface area is 150 Å². The lowest BCUT2D eigenvalue weighted by Gasteiger charge is -2.33. The lowest BCUT2D eigenvalue weighted by atomic mass is 10.0. The van der Waals surface area contributed by atoms with Crippen molar-refractivity contribution in [2.45, 2.75) is 51.5 Å². The number of thioether (sulfide) groups is 1. The van der Waals surface area contributed by atoms with Gasteiger partial charge in [0, 0.05) is 38.1 Å². The Morgan fingerprint density at radius 1 is 1.12 bits per heavy atom. The first-order valence-electron chi connectivity index (χ1n) is 9.67. The number of carbonyl (C=O) groups is 1. The molecule has 1 amide bonds. The summed E-state index contributed by atoms with van der Waals surface area (Å²) in [5, 5.41) is 6.98. The summed E-state index contributed by atoms with van der Waals surface area (Å²) in [5.74, 6) is 5.03. The van der Waals surface area contributed by atoms with Crippen molar-refractivity contribution >= 4 is 23.6 Å². The van der Waals surface area contributed by atoms with Gasteiger partial charge >= 0.3 is 0 Å². The van der Waals surface area contributed by atoms with Crippen LogP contribution in [-0.2, 0) is 4.79 Å². The van der Waals surface area contributed by atoms with Gasteiger partial charge in [-0.05, 0) is 62.9 Å². The second kappa shape index (κ2) is 8.97. The molecule has 0 aromatic heterocycles. The van der Waals surface area contributed by atoms with E-state index in [9.17, 15) is 4.79 Å². The number of nitrogens with zero attached hydrogens (tertiary/aromatic N) is 2. The predicted octanol–water partition coefficient (Wildman–Crippen LogP) is 2.09. The molecule has 0 aromatic carbocycles. The monoisotopic (exact) mass is 352 g/mol. The summed E-state index contributed by atoms with van der Waals surface area (Å²) in [6.07, 6.45) is 6.87. The number of amides is 1. The van der Waals surface area contributed by atoms with Crippen LogP contribution in [0.1, 0.15) is 45.4 Å². The first-order valence-corrected chi connectivity index (χ1v) is 10.8. The van der Waals surface area contributed by atoms with E-state index in [0.717, 1.165) is 63.7 Å². The Morgan fingerprint density at radius 3 is 2.46 bits per heavy atom. The molecule has 3 fully saturated rings. The van der Waals surface area contributed by atoms with Crippen LogP contribution in [0.3, 0.4) is 0 Å². The quantitative estimate of drug-likeness (QED) is 0.588. The molecule has 136 valence electrons. The Hall–Kier alpha value is -0.910. The largest absolute Gasteiger partial charge is 0.357 e. The smallest absolute Gasteiger partial charge is 0.225 e. The van der Waals surface area contributed by atoms with Crippen molar-refractivity contribution in [3.8, 4) is 0 Å². The summed E-state index contributed by atoms with van der Waals surface area (Å²) in [6.45, 7) is 5.74. The van der Waals surface area contributed by atoms with Gasteiger partial charge in [0.1, 0.15) is 0 Å². The number of hydrogen-bond donors (Lipinski definition) is 2. The highest BCUT2D eigenvalue weighted by Gasteiger charge is 2.34. The normalized spacial score (nSPS) is 24.0. The van der Waals surface area contributed by atoms with Gasteiger partial charge in [-0.1, -0.05) is 0 Å². The zero-order valence-electron chi connectivity index (χ0n) is 14.9. The molecule has 0 atom stereocenters. The van der Waals surface area contributed by atoms with Crippen LogP contribution in [0.2, 0.25) is 0 Å². The maximum Gasteiger partial charge on any atom is 0.225 e. The van der Waals surface area contributed by atoms with E-state index in [4.69, 9.17) is 4.99 Å². The summed E-state index contributed by atoms with van der Waals surface area (Å²) >= 11 is 2.07. The van der Waals surface area contributed by atoms with Gasteiger partial charge in [-0.2, -0.15) is 11.8 Å². The second-order valence-corrected chi connectivity index (χ2v) is 8.52. The molecule has 0 radical (unpaired) electrons. The van der Waals surface area contributed by atoms with Crippen molar-refractivity contribution in [2.24, 2.45) is 16.8 Å². The van der Waals surface area contributed by atoms with E-state index in [-0.39, 0.29) is 0 Å². The van der Waals surface area contributed by atoms with Gasteiger partial charge in [0.05, 0.1) is 0 Å². The molecule has 5 nitrogen and oxygen atoms in total. The van der Waals surface area contributed by atoms with Crippen molar-refractivity contribution in [1.82, 2.24) is 15.5 Å². The van der Waals surface area contributed by atoms with Crippen molar-refractivity contribution < 1.29 is 4.79 Å². The lowest BCUT2D eigenvalue weighted by Crippen LogP contribution is -2.50. The van der Waals surface area contributed by atoms with Gasteiger partial charge in [-0.15, -0.1) is 0 Å². The number of guanidine groups is 1. The maximum atomic E-state index is 12.1. The molecule has 0 bridgehead atoms. The summed E-state index contributed by atoms with van der Waals surface area (Å²) in [5.41, 5.74) is 0. The summed E-state index contributed by atoms with van der Waals surface area (Å²) in [6, 6.07) is 0.438. The minimum atomic E-state index is 0.349. The Balaban J connectivity index is 1.44. The van der Waals surface area contributed by atoms with E-state index >= 15 is 0 Å². The lowest BCUT2D eigenvalue weighted by molar-refractivity contribution is -0.133. The fourth-order valence-corrected chi connectivity index (χ4v) is 4.70. The predicted molar refractivity (Wildman–Crippen MR) is 101 cm³/mol. The molecule has 3 aliphatic rings. The zero-order valence-corrected chi connectivity index (χ0v) is 15.7. The van der Waals surface area contributed by atoms with Crippen LogP contribution >= 0.6 is 11.8 Å². The van der Waals surface area contributed by atoms with Crippen molar-refractivity contribution in [3.63, 3.8) is 0 Å². The standard InChI is InChI=1S/C18H32N4OS/c1-2-19-18(20-13-14-7-11-24-12-8-14)21-16-5-9-22(10-6-16)17(23)15-3-4-15/h14-16H,2-13H2,1H3,(H2,19,20,21). The Kier molecular flexibility index (Phi) is 6.69. The van der Waals surface area contributed by atoms with E-state index in [1.54, 1.807) is 0 Å². The van der Waals surface area contributed by atoms with Gasteiger partial charge < -0.3 is 15.5 Å². The van der Waals surface area contributed by atoms with Crippen molar-refractivity contribution in [1.29, 1.82) is 0 Å². The first kappa shape index (κ1) is 17.9. The SMILES string of the molecule is CCNC(=NCC1CCSCC1)NC1CCN(C(=O)C2CC2)CC1. The van der Waals surface area contributed by atoms with E-state index in [1.807, 2.05) is 0 Å². The number of hydrogen-bond acceptors (Lipinski definition) is 3. The third-order valence-electron chi connectivity index (χ3n) is 5.27. The maximum absolute atomic E-state index is 12.1. The molecule has 2 saturated heterocycles. The number of nitrogens with one attached hydrogen (secondary N) is 2. The topological polar surface area (TPSA) is 56.7 Å². The third kappa shape index (κ3) is 5.30. The third-order valence-corrected chi connectivity index (χ3v) is 6.32. The van der Waals surface area contributed by atoms with Crippen molar-refractivity contribution in [3.05, 3.63) is 0 Å². The first-order chi connectivity index (χ1) is 11.8. The van der Waals surface area contributed by atoms with Crippen LogP contribution in [0.4, 0.5) is 0 Å². The molecule has 1 aliphatic carbocycles. The minimum absolute atomic E-state index is 0.349. The van der Waals surface area contributed by atoms with Crippen LogP contribution in [0.5, 0.6) is 0 Å². The second-order valence-electron chi connectivity index (χ2n) is 7.29. The van der Waals surface area contributed by atoms with E-state index < -0.39 is 0 Å². The number of piperidine rings is 1. The molecule has 0 unspecified atom stereocenters. The van der Waals surface area contributed by atoms with Crippen LogP contribution in [-0.4, -0.2) is 60.5 Å². The highest BCUT2D eigenvalue weighted by atomic mass is 32.2. The summed E-state index contributed by atoms with van der Waals surface area (Å²) < 4.78 is 0. The molecule has 6 heteroatoms. The number of rotatable bonds is 5. The van der Waals surface area contributed by atoms with Gasteiger partial charge in [0.2, 0.25) is 5.91 Å². The number of aliphatic imine (C=N–C) groups is 1. The molecular weight excluding hydrogens is 320 g/mol. The van der Waals surface area contributed by atoms with Crippen molar-refractivity contribution in [2.75, 3.05) is 37.7 Å². The Bertz CT molecular complexity index is 438. The molecule has 2 heterocycles. The van der Waals surface area contributed by atoms with E-state index in [2.05, 4.69) is 34.2 Å². The molecule has 24 heavy (non-hydrogen) atoms. The highest BCUT2D eigenvalue weighted by Crippen LogP contribution is 2.31. The van der Waals surface area contributed by atoms with Gasteiger partial charge in [0.15, 0.2) is 5.96 Å². The molecular formula is C18H32N4OS. The van der Waals surface area contributed by atoms with E-state index in [1.165, 1.54) is 24.3 Å². The fraction of sp³-hybridized carbons (Fsp3) is 0.889. The molecule has 1 saturated carbocycles. The number of carbonyl (C=O) groups excluding carboxylic acids is 1. The Morgan fingerprint density at radius 2 is 1.83 bits per heavy atom. The van der Waals surface area contributed by atoms with Crippen LogP contribution in [0.25, 0.3) is 0 Å². The summed E-state index contributed by atoms with van der Waals surface area (Å²) in [7, 11) is 0. The van der Waals surface area contributed by atoms with Crippen LogP contribution < -0.4 is 10.6 Å². The van der Waals surface area contributed by atoms with Gasteiger partial charge in [0.25, 0.3) is 0 Å². The molecule has 3 rings (SSSR count). The molecule has 2 N–H and O–H groups in total. The van der Waals surface area contributed by atoms with Gasteiger partial charge in [-0.25, -0.2) is 0 Å². The molecule has 0 spiro atoms. The minimum Gasteiger partial charge on any atom is -0.357 e. The number of likely N-dealkylation sites (tertiary alicyclic amines) is 1. The molecule has 2 aliphatic heterocycles. The zero-order chi connectivity index (χ0) is 16.8. The molecule has 0 aromatic rings. The average molecular weight is 353 g/mol. The van der Waals surface area contributed by atoms with Crippen LogP contribution in [0.15, 0.2) is 4.99 Å². The van der Waals surface area contributed by atoms with Gasteiger partial charge in [-0.3, -0.25) is 9.79 Å². The fourth-order valence-electron chi connectivity index (χ4n) is 3.50. The highest BCUT2D eigenvalue weighted by molar-refractivity contribution is 7.99.